The average molecular weight is 181 g/mol. The molecule has 74 valence electrons. The van der Waals surface area contributed by atoms with Gasteiger partial charge in [0.1, 0.15) is 0 Å². The summed E-state index contributed by atoms with van der Waals surface area (Å²) in [6, 6.07) is 0.137. The standard InChI is InChI=1S/C11H19NO/c1-11(7-4-8-13-11)10(12)9-5-2-3-6-9/h5,10H,2-4,6-8,12H2,1H3. The van der Waals surface area contributed by atoms with Crippen LogP contribution < -0.4 is 5.73 Å². The molecule has 2 unspecified atom stereocenters. The van der Waals surface area contributed by atoms with E-state index in [1.807, 2.05) is 0 Å². The molecule has 1 fully saturated rings. The highest BCUT2D eigenvalue weighted by atomic mass is 16.5. The normalized spacial score (nSPS) is 36.3. The van der Waals surface area contributed by atoms with Crippen molar-refractivity contribution in [1.82, 2.24) is 0 Å². The van der Waals surface area contributed by atoms with Crippen molar-refractivity contribution in [2.75, 3.05) is 6.61 Å². The monoisotopic (exact) mass is 181 g/mol. The van der Waals surface area contributed by atoms with Gasteiger partial charge in [-0.2, -0.15) is 0 Å². The molecule has 2 atom stereocenters. The van der Waals surface area contributed by atoms with Crippen LogP contribution in [0.2, 0.25) is 0 Å². The summed E-state index contributed by atoms with van der Waals surface area (Å²) in [5.41, 5.74) is 7.57. The molecule has 2 aliphatic rings. The Kier molecular flexibility index (Phi) is 2.43. The van der Waals surface area contributed by atoms with Gasteiger partial charge in [-0.15, -0.1) is 0 Å². The van der Waals surface area contributed by atoms with Crippen molar-refractivity contribution in [2.45, 2.75) is 50.7 Å². The molecular formula is C11H19NO. The van der Waals surface area contributed by atoms with E-state index in [0.29, 0.717) is 0 Å². The van der Waals surface area contributed by atoms with Crippen molar-refractivity contribution in [3.63, 3.8) is 0 Å². The molecule has 1 saturated heterocycles. The van der Waals surface area contributed by atoms with Crippen LogP contribution in [0.15, 0.2) is 11.6 Å². The van der Waals surface area contributed by atoms with E-state index in [9.17, 15) is 0 Å². The fourth-order valence-corrected chi connectivity index (χ4v) is 2.42. The van der Waals surface area contributed by atoms with Crippen molar-refractivity contribution in [1.29, 1.82) is 0 Å². The Bertz CT molecular complexity index is 216. The molecule has 0 bridgehead atoms. The van der Waals surface area contributed by atoms with Gasteiger partial charge in [0.2, 0.25) is 0 Å². The van der Waals surface area contributed by atoms with Crippen LogP contribution in [-0.4, -0.2) is 18.2 Å². The zero-order valence-corrected chi connectivity index (χ0v) is 8.38. The highest BCUT2D eigenvalue weighted by Gasteiger charge is 2.38. The molecule has 0 spiro atoms. The highest BCUT2D eigenvalue weighted by molar-refractivity contribution is 5.19. The lowest BCUT2D eigenvalue weighted by Gasteiger charge is -2.31. The third-order valence-corrected chi connectivity index (χ3v) is 3.38. The molecule has 13 heavy (non-hydrogen) atoms. The maximum Gasteiger partial charge on any atom is 0.0843 e. The summed E-state index contributed by atoms with van der Waals surface area (Å²) in [6.07, 6.45) is 8.25. The van der Waals surface area contributed by atoms with Gasteiger partial charge in [-0.25, -0.2) is 0 Å². The van der Waals surface area contributed by atoms with Gasteiger partial charge in [0, 0.05) is 6.61 Å². The number of hydrogen-bond donors (Lipinski definition) is 1. The number of allylic oxidation sites excluding steroid dienone is 1. The predicted molar refractivity (Wildman–Crippen MR) is 53.5 cm³/mol. The average Bonchev–Trinajstić information content (AvgIpc) is 2.73. The fourth-order valence-electron chi connectivity index (χ4n) is 2.42. The van der Waals surface area contributed by atoms with Crippen LogP contribution in [-0.2, 0) is 4.74 Å². The highest BCUT2D eigenvalue weighted by Crippen LogP contribution is 2.34. The molecule has 0 aromatic carbocycles. The number of hydrogen-bond acceptors (Lipinski definition) is 2. The van der Waals surface area contributed by atoms with Gasteiger partial charge in [-0.3, -0.25) is 0 Å². The van der Waals surface area contributed by atoms with Gasteiger partial charge >= 0.3 is 0 Å². The first kappa shape index (κ1) is 9.22. The molecule has 0 saturated carbocycles. The first-order valence-corrected chi connectivity index (χ1v) is 5.31. The molecule has 2 heteroatoms. The molecule has 0 aromatic heterocycles. The Morgan fingerprint density at radius 2 is 2.38 bits per heavy atom. The van der Waals surface area contributed by atoms with Crippen LogP contribution in [0.5, 0.6) is 0 Å². The largest absolute Gasteiger partial charge is 0.373 e. The van der Waals surface area contributed by atoms with Crippen LogP contribution in [0.1, 0.15) is 39.0 Å². The molecule has 2 N–H and O–H groups in total. The van der Waals surface area contributed by atoms with Crippen LogP contribution in [0.3, 0.4) is 0 Å². The third kappa shape index (κ3) is 1.65. The Morgan fingerprint density at radius 1 is 1.54 bits per heavy atom. The minimum atomic E-state index is -0.0732. The molecule has 2 rings (SSSR count). The van der Waals surface area contributed by atoms with Crippen molar-refractivity contribution in [2.24, 2.45) is 5.73 Å². The Hall–Kier alpha value is -0.340. The van der Waals surface area contributed by atoms with E-state index in [1.165, 1.54) is 24.8 Å². The minimum Gasteiger partial charge on any atom is -0.373 e. The molecule has 1 heterocycles. The quantitative estimate of drug-likeness (QED) is 0.661. The zero-order valence-electron chi connectivity index (χ0n) is 8.38. The first-order valence-electron chi connectivity index (χ1n) is 5.31. The summed E-state index contributed by atoms with van der Waals surface area (Å²) in [5, 5.41) is 0. The second kappa shape index (κ2) is 3.43. The molecular weight excluding hydrogens is 162 g/mol. The Labute approximate surface area is 80.1 Å². The maximum atomic E-state index is 6.23. The Morgan fingerprint density at radius 3 is 2.92 bits per heavy atom. The van der Waals surface area contributed by atoms with E-state index in [4.69, 9.17) is 10.5 Å². The van der Waals surface area contributed by atoms with Crippen molar-refractivity contribution >= 4 is 0 Å². The minimum absolute atomic E-state index is 0.0732. The Balaban J connectivity index is 2.06. The van der Waals surface area contributed by atoms with E-state index in [2.05, 4.69) is 13.0 Å². The van der Waals surface area contributed by atoms with Crippen molar-refractivity contribution < 1.29 is 4.74 Å². The number of rotatable bonds is 2. The molecule has 1 aliphatic carbocycles. The third-order valence-electron chi connectivity index (χ3n) is 3.38. The van der Waals surface area contributed by atoms with Gasteiger partial charge in [0.05, 0.1) is 11.6 Å². The summed E-state index contributed by atoms with van der Waals surface area (Å²) < 4.78 is 5.75. The topological polar surface area (TPSA) is 35.2 Å². The summed E-state index contributed by atoms with van der Waals surface area (Å²) in [6.45, 7) is 3.04. The fraction of sp³-hybridized carbons (Fsp3) is 0.818. The lowest BCUT2D eigenvalue weighted by Crippen LogP contribution is -2.46. The number of ether oxygens (including phenoxy) is 1. The summed E-state index contributed by atoms with van der Waals surface area (Å²) in [4.78, 5) is 0. The van der Waals surface area contributed by atoms with E-state index < -0.39 is 0 Å². The van der Waals surface area contributed by atoms with Gasteiger partial charge in [0.25, 0.3) is 0 Å². The second-order valence-corrected chi connectivity index (χ2v) is 4.41. The van der Waals surface area contributed by atoms with Crippen molar-refractivity contribution in [3.05, 3.63) is 11.6 Å². The van der Waals surface area contributed by atoms with E-state index >= 15 is 0 Å². The molecule has 0 aromatic rings. The van der Waals surface area contributed by atoms with Gasteiger partial charge in [0.15, 0.2) is 0 Å². The molecule has 0 radical (unpaired) electrons. The summed E-state index contributed by atoms with van der Waals surface area (Å²) in [5.74, 6) is 0. The lowest BCUT2D eigenvalue weighted by molar-refractivity contribution is 0.00734. The van der Waals surface area contributed by atoms with Crippen LogP contribution >= 0.6 is 0 Å². The zero-order chi connectivity index (χ0) is 9.31. The van der Waals surface area contributed by atoms with Crippen LogP contribution in [0.25, 0.3) is 0 Å². The van der Waals surface area contributed by atoms with E-state index in [0.717, 1.165) is 19.4 Å². The SMILES string of the molecule is CC1(C(N)C2=CCCC2)CCCO1. The van der Waals surface area contributed by atoms with Crippen LogP contribution in [0, 0.1) is 0 Å². The first-order chi connectivity index (χ1) is 6.22. The van der Waals surface area contributed by atoms with Gasteiger partial charge < -0.3 is 10.5 Å². The van der Waals surface area contributed by atoms with Crippen molar-refractivity contribution in [3.8, 4) is 0 Å². The number of nitrogens with two attached hydrogens (primary N) is 1. The van der Waals surface area contributed by atoms with Gasteiger partial charge in [-0.05, 0) is 39.0 Å². The second-order valence-electron chi connectivity index (χ2n) is 4.41. The molecule has 0 amide bonds. The summed E-state index contributed by atoms with van der Waals surface area (Å²) >= 11 is 0. The molecule has 2 nitrogen and oxygen atoms in total. The van der Waals surface area contributed by atoms with E-state index in [1.54, 1.807) is 0 Å². The summed E-state index contributed by atoms with van der Waals surface area (Å²) in [7, 11) is 0. The van der Waals surface area contributed by atoms with Gasteiger partial charge in [-0.1, -0.05) is 11.6 Å². The van der Waals surface area contributed by atoms with Crippen LogP contribution in [0.4, 0.5) is 0 Å². The molecule has 1 aliphatic heterocycles. The smallest absolute Gasteiger partial charge is 0.0843 e. The van der Waals surface area contributed by atoms with E-state index in [-0.39, 0.29) is 11.6 Å². The lowest BCUT2D eigenvalue weighted by atomic mass is 9.88. The predicted octanol–water partition coefficient (Wildman–Crippen LogP) is 1.99. The maximum absolute atomic E-state index is 6.23.